The van der Waals surface area contributed by atoms with Crippen LogP contribution in [0.4, 0.5) is 33.0 Å². The molecule has 3 aliphatic rings. The van der Waals surface area contributed by atoms with Crippen LogP contribution in [0.2, 0.25) is 0 Å². The fourth-order valence-electron chi connectivity index (χ4n) is 6.45. The van der Waals surface area contributed by atoms with E-state index < -0.39 is 11.7 Å². The fourth-order valence-corrected chi connectivity index (χ4v) is 6.45. The number of piperazine rings is 1. The summed E-state index contributed by atoms with van der Waals surface area (Å²) in [6, 6.07) is 12.5. The minimum Gasteiger partial charge on any atom is -0.492 e. The van der Waals surface area contributed by atoms with Gasteiger partial charge in [-0.2, -0.15) is 0 Å². The van der Waals surface area contributed by atoms with Crippen molar-refractivity contribution < 1.29 is 18.7 Å². The van der Waals surface area contributed by atoms with Gasteiger partial charge in [-0.15, -0.1) is 0 Å². The highest BCUT2D eigenvalue weighted by atomic mass is 19.1. The van der Waals surface area contributed by atoms with Crippen LogP contribution < -0.4 is 19.9 Å². The molecule has 0 spiro atoms. The van der Waals surface area contributed by atoms with Gasteiger partial charge in [0.1, 0.15) is 17.4 Å². The molecule has 2 fully saturated rings. The molecule has 232 valence electrons. The molecule has 3 aliphatic heterocycles. The summed E-state index contributed by atoms with van der Waals surface area (Å²) < 4.78 is 20.7. The molecule has 1 aromatic heterocycles. The van der Waals surface area contributed by atoms with Crippen molar-refractivity contribution in [2.45, 2.75) is 25.8 Å². The molecule has 6 rings (SSSR count). The largest absolute Gasteiger partial charge is 0.492 e. The van der Waals surface area contributed by atoms with Crippen molar-refractivity contribution >= 4 is 40.4 Å². The fraction of sp³-hybridized carbons (Fsp3) is 0.424. The number of anilines is 5. The predicted octanol–water partition coefficient (Wildman–Crippen LogP) is 4.57. The van der Waals surface area contributed by atoms with Crippen LogP contribution in [0, 0.1) is 5.82 Å². The van der Waals surface area contributed by atoms with Crippen LogP contribution in [0.15, 0.2) is 48.7 Å². The summed E-state index contributed by atoms with van der Waals surface area (Å²) >= 11 is 0. The van der Waals surface area contributed by atoms with E-state index in [2.05, 4.69) is 27.1 Å². The Morgan fingerprint density at radius 3 is 2.43 bits per heavy atom. The lowest BCUT2D eigenvalue weighted by atomic mass is 10.0. The number of hydrogen-bond acceptors (Lipinski definition) is 8. The van der Waals surface area contributed by atoms with Gasteiger partial charge in [0.05, 0.1) is 41.1 Å². The molecule has 2 amide bonds. The van der Waals surface area contributed by atoms with Crippen molar-refractivity contribution in [3.8, 4) is 5.75 Å². The zero-order valence-electron chi connectivity index (χ0n) is 25.8. The number of rotatable bonds is 6. The summed E-state index contributed by atoms with van der Waals surface area (Å²) in [6.07, 6.45) is 3.97. The number of likely N-dealkylation sites (tertiary alicyclic amines) is 1. The molecule has 1 N–H and O–H groups in total. The Balaban J connectivity index is 1.19. The second-order valence-electron chi connectivity index (χ2n) is 11.7. The number of carbonyl (C=O) groups is 2. The highest BCUT2D eigenvalue weighted by Gasteiger charge is 2.31. The zero-order chi connectivity index (χ0) is 31.0. The molecule has 0 unspecified atom stereocenters. The Morgan fingerprint density at radius 1 is 0.955 bits per heavy atom. The Bertz CT molecular complexity index is 1550. The summed E-state index contributed by atoms with van der Waals surface area (Å²) in [5.41, 5.74) is 2.98. The van der Waals surface area contributed by atoms with Crippen molar-refractivity contribution in [1.29, 1.82) is 0 Å². The zero-order valence-corrected chi connectivity index (χ0v) is 25.8. The Morgan fingerprint density at radius 2 is 1.70 bits per heavy atom. The van der Waals surface area contributed by atoms with E-state index >= 15 is 0 Å². The maximum absolute atomic E-state index is 14.7. The van der Waals surface area contributed by atoms with Crippen LogP contribution in [0.1, 0.15) is 40.5 Å². The summed E-state index contributed by atoms with van der Waals surface area (Å²) in [5.74, 6) is 0.0622. The number of benzene rings is 2. The number of aromatic nitrogens is 1. The van der Waals surface area contributed by atoms with Gasteiger partial charge in [0.2, 0.25) is 0 Å². The van der Waals surface area contributed by atoms with Crippen LogP contribution in [0.3, 0.4) is 0 Å². The molecule has 3 aromatic rings. The Kier molecular flexibility index (Phi) is 8.42. The van der Waals surface area contributed by atoms with E-state index in [4.69, 9.17) is 4.74 Å². The standard InChI is InChI=1S/C33H40FN7O3/c1-5-44-29-19-22(32(42)41-17-15-40(16-18-41)23-11-13-37(2)14-12-23)9-10-25(29)36-30-20-27-28(21-35-30)39(4)33(43)31-24(34)7-6-8-26(31)38(27)3/h6-10,19-21,23H,5,11-18H2,1-4H3,(H,35,36). The first kappa shape index (κ1) is 29.8. The van der Waals surface area contributed by atoms with Gasteiger partial charge in [-0.1, -0.05) is 6.07 Å². The number of pyridine rings is 1. The number of halogens is 1. The normalized spacial score (nSPS) is 18.1. The van der Waals surface area contributed by atoms with Gasteiger partial charge < -0.3 is 29.7 Å². The van der Waals surface area contributed by atoms with Gasteiger partial charge in [0, 0.05) is 57.9 Å². The average molecular weight is 602 g/mol. The van der Waals surface area contributed by atoms with Crippen molar-refractivity contribution in [1.82, 2.24) is 19.7 Å². The number of fused-ring (bicyclic) bond motifs is 2. The smallest absolute Gasteiger partial charge is 0.263 e. The van der Waals surface area contributed by atoms with Gasteiger partial charge in [-0.05, 0) is 70.2 Å². The number of amides is 2. The second kappa shape index (κ2) is 12.4. The second-order valence-corrected chi connectivity index (χ2v) is 11.7. The van der Waals surface area contributed by atoms with Gasteiger partial charge in [-0.25, -0.2) is 9.37 Å². The minimum absolute atomic E-state index is 0.00362. The highest BCUT2D eigenvalue weighted by molar-refractivity contribution is 6.13. The lowest BCUT2D eigenvalue weighted by Crippen LogP contribution is -2.54. The molecule has 2 saturated heterocycles. The lowest BCUT2D eigenvalue weighted by Gasteiger charge is -2.42. The molecule has 0 saturated carbocycles. The number of piperidine rings is 1. The predicted molar refractivity (Wildman–Crippen MR) is 170 cm³/mol. The first-order chi connectivity index (χ1) is 21.2. The third-order valence-electron chi connectivity index (χ3n) is 9.05. The number of nitrogens with zero attached hydrogens (tertiary/aromatic N) is 6. The molecule has 0 aliphatic carbocycles. The van der Waals surface area contributed by atoms with Gasteiger partial charge in [0.15, 0.2) is 0 Å². The van der Waals surface area contributed by atoms with Crippen molar-refractivity contribution in [2.75, 3.05) is 82.1 Å². The summed E-state index contributed by atoms with van der Waals surface area (Å²) in [6.45, 7) is 7.82. The number of ether oxygens (including phenoxy) is 1. The third kappa shape index (κ3) is 5.69. The quantitative estimate of drug-likeness (QED) is 0.440. The molecule has 4 heterocycles. The van der Waals surface area contributed by atoms with E-state index in [1.54, 1.807) is 43.4 Å². The molecular formula is C33H40FN7O3. The molecule has 0 atom stereocenters. The number of carbonyl (C=O) groups excluding carboxylic acids is 2. The van der Waals surface area contributed by atoms with Crippen molar-refractivity contribution in [3.05, 3.63) is 65.6 Å². The van der Waals surface area contributed by atoms with Crippen LogP contribution >= 0.6 is 0 Å². The molecule has 10 nitrogen and oxygen atoms in total. The van der Waals surface area contributed by atoms with Gasteiger partial charge >= 0.3 is 0 Å². The van der Waals surface area contributed by atoms with E-state index in [9.17, 15) is 14.0 Å². The van der Waals surface area contributed by atoms with E-state index in [0.29, 0.717) is 65.6 Å². The van der Waals surface area contributed by atoms with Crippen molar-refractivity contribution in [3.63, 3.8) is 0 Å². The average Bonchev–Trinajstić information content (AvgIpc) is 3.11. The summed E-state index contributed by atoms with van der Waals surface area (Å²) in [7, 11) is 5.59. The van der Waals surface area contributed by atoms with Gasteiger partial charge in [-0.3, -0.25) is 14.5 Å². The van der Waals surface area contributed by atoms with Crippen LogP contribution in [-0.4, -0.2) is 105 Å². The van der Waals surface area contributed by atoms with Crippen LogP contribution in [0.5, 0.6) is 5.75 Å². The topological polar surface area (TPSA) is 84.5 Å². The first-order valence-electron chi connectivity index (χ1n) is 15.3. The third-order valence-corrected chi connectivity index (χ3v) is 9.05. The van der Waals surface area contributed by atoms with E-state index in [-0.39, 0.29) is 11.5 Å². The van der Waals surface area contributed by atoms with E-state index in [0.717, 1.165) is 26.2 Å². The lowest BCUT2D eigenvalue weighted by molar-refractivity contribution is 0.0475. The molecule has 0 bridgehead atoms. The Hall–Kier alpha value is -4.22. The SMILES string of the molecule is CCOc1cc(C(=O)N2CCN(C3CCN(C)CC3)CC2)ccc1Nc1cc2c(cn1)N(C)C(=O)c1c(F)cccc1N2C. The number of nitrogens with one attached hydrogen (secondary N) is 1. The summed E-state index contributed by atoms with van der Waals surface area (Å²) in [4.78, 5) is 41.3. The minimum atomic E-state index is -0.569. The van der Waals surface area contributed by atoms with Crippen LogP contribution in [-0.2, 0) is 0 Å². The van der Waals surface area contributed by atoms with Crippen molar-refractivity contribution in [2.24, 2.45) is 0 Å². The first-order valence-corrected chi connectivity index (χ1v) is 15.3. The van der Waals surface area contributed by atoms with Gasteiger partial charge in [0.25, 0.3) is 11.8 Å². The van der Waals surface area contributed by atoms with Crippen LogP contribution in [0.25, 0.3) is 0 Å². The molecule has 44 heavy (non-hydrogen) atoms. The monoisotopic (exact) mass is 601 g/mol. The summed E-state index contributed by atoms with van der Waals surface area (Å²) in [5, 5.41) is 3.33. The van der Waals surface area contributed by atoms with E-state index in [1.165, 1.54) is 23.8 Å². The number of hydrogen-bond donors (Lipinski definition) is 1. The highest BCUT2D eigenvalue weighted by Crippen LogP contribution is 2.41. The van der Waals surface area contributed by atoms with E-state index in [1.807, 2.05) is 30.0 Å². The maximum Gasteiger partial charge on any atom is 0.263 e. The molecule has 2 aromatic carbocycles. The molecule has 11 heteroatoms. The molecular weight excluding hydrogens is 561 g/mol. The molecule has 0 radical (unpaired) electrons. The Labute approximate surface area is 258 Å². The maximum atomic E-state index is 14.7.